The van der Waals surface area contributed by atoms with Crippen LogP contribution in [0.1, 0.15) is 36.2 Å². The predicted molar refractivity (Wildman–Crippen MR) is 104 cm³/mol. The molecule has 0 radical (unpaired) electrons. The highest BCUT2D eigenvalue weighted by molar-refractivity contribution is 6.32. The number of carbonyl (C=O) groups excluding carboxylic acids is 1. The van der Waals surface area contributed by atoms with Crippen LogP contribution in [0.15, 0.2) is 42.5 Å². The van der Waals surface area contributed by atoms with Gasteiger partial charge in [0.15, 0.2) is 11.5 Å². The normalized spacial score (nSPS) is 9.81. The Labute approximate surface area is 159 Å². The minimum Gasteiger partial charge on any atom is -0.490 e. The molecule has 136 valence electrons. The average Bonchev–Trinajstić information content (AvgIpc) is 2.65. The van der Waals surface area contributed by atoms with Gasteiger partial charge in [-0.3, -0.25) is 4.79 Å². The summed E-state index contributed by atoms with van der Waals surface area (Å²) in [6, 6.07) is 12.8. The second-order valence-electron chi connectivity index (χ2n) is 5.42. The number of nitrogens with one attached hydrogen (secondary N) is 1. The van der Waals surface area contributed by atoms with Crippen LogP contribution in [0.4, 0.5) is 0 Å². The molecule has 0 bridgehead atoms. The van der Waals surface area contributed by atoms with Crippen LogP contribution in [-0.2, 0) is 0 Å². The van der Waals surface area contributed by atoms with E-state index in [1.165, 1.54) is 0 Å². The Hall–Kier alpha value is -2.64. The molecule has 0 aliphatic heterocycles. The van der Waals surface area contributed by atoms with E-state index in [4.69, 9.17) is 21.1 Å². The highest BCUT2D eigenvalue weighted by Crippen LogP contribution is 2.36. The van der Waals surface area contributed by atoms with Crippen molar-refractivity contribution in [2.75, 3.05) is 19.8 Å². The third-order valence-electron chi connectivity index (χ3n) is 3.37. The van der Waals surface area contributed by atoms with Crippen LogP contribution in [-0.4, -0.2) is 25.7 Å². The van der Waals surface area contributed by atoms with Crippen LogP contribution in [0.25, 0.3) is 0 Å². The molecule has 0 heterocycles. The SMILES string of the molecule is CCCOc1c(Cl)cc(C(=O)NCC#Cc2ccccc2)cc1OCC. The number of ether oxygens (including phenoxy) is 2. The van der Waals surface area contributed by atoms with E-state index in [0.717, 1.165) is 12.0 Å². The summed E-state index contributed by atoms with van der Waals surface area (Å²) >= 11 is 6.28. The average molecular weight is 372 g/mol. The van der Waals surface area contributed by atoms with Gasteiger partial charge in [-0.15, -0.1) is 0 Å². The van der Waals surface area contributed by atoms with Gasteiger partial charge < -0.3 is 14.8 Å². The molecule has 26 heavy (non-hydrogen) atoms. The Kier molecular flexibility index (Phi) is 7.85. The van der Waals surface area contributed by atoms with Gasteiger partial charge in [-0.1, -0.05) is 48.6 Å². The van der Waals surface area contributed by atoms with E-state index in [0.29, 0.717) is 35.3 Å². The molecule has 2 rings (SSSR count). The van der Waals surface area contributed by atoms with Gasteiger partial charge in [0.25, 0.3) is 5.91 Å². The van der Waals surface area contributed by atoms with Crippen LogP contribution >= 0.6 is 11.6 Å². The molecular formula is C21H22ClNO3. The number of amides is 1. The molecule has 0 fully saturated rings. The summed E-state index contributed by atoms with van der Waals surface area (Å²) < 4.78 is 11.2. The van der Waals surface area contributed by atoms with E-state index < -0.39 is 0 Å². The first kappa shape index (κ1) is 19.7. The van der Waals surface area contributed by atoms with Gasteiger partial charge in [0.05, 0.1) is 24.8 Å². The molecule has 2 aromatic carbocycles. The fourth-order valence-electron chi connectivity index (χ4n) is 2.20. The van der Waals surface area contributed by atoms with E-state index in [-0.39, 0.29) is 12.5 Å². The van der Waals surface area contributed by atoms with Crippen molar-refractivity contribution < 1.29 is 14.3 Å². The molecule has 0 saturated heterocycles. The quantitative estimate of drug-likeness (QED) is 0.738. The highest BCUT2D eigenvalue weighted by Gasteiger charge is 2.16. The Morgan fingerprint density at radius 3 is 2.62 bits per heavy atom. The predicted octanol–water partition coefficient (Wildman–Crippen LogP) is 4.31. The van der Waals surface area contributed by atoms with Gasteiger partial charge in [0.1, 0.15) is 0 Å². The van der Waals surface area contributed by atoms with Crippen molar-refractivity contribution in [2.24, 2.45) is 0 Å². The first-order valence-corrected chi connectivity index (χ1v) is 8.94. The fraction of sp³-hybridized carbons (Fsp3) is 0.286. The molecule has 0 saturated carbocycles. The van der Waals surface area contributed by atoms with Crippen LogP contribution in [0.3, 0.4) is 0 Å². The number of hydrogen-bond acceptors (Lipinski definition) is 3. The summed E-state index contributed by atoms with van der Waals surface area (Å²) in [5.41, 5.74) is 1.31. The third kappa shape index (κ3) is 5.72. The van der Waals surface area contributed by atoms with Crippen molar-refractivity contribution in [1.82, 2.24) is 5.32 Å². The summed E-state index contributed by atoms with van der Waals surface area (Å²) in [6.07, 6.45) is 0.851. The van der Waals surface area contributed by atoms with Gasteiger partial charge in [-0.2, -0.15) is 0 Å². The van der Waals surface area contributed by atoms with Crippen LogP contribution in [0.2, 0.25) is 5.02 Å². The van der Waals surface area contributed by atoms with Crippen LogP contribution in [0.5, 0.6) is 11.5 Å². The van der Waals surface area contributed by atoms with E-state index in [2.05, 4.69) is 17.2 Å². The minimum atomic E-state index is -0.266. The molecule has 2 aromatic rings. The molecule has 5 heteroatoms. The second kappa shape index (κ2) is 10.4. The van der Waals surface area contributed by atoms with Crippen molar-refractivity contribution in [3.8, 4) is 23.3 Å². The molecule has 0 aliphatic rings. The first-order valence-electron chi connectivity index (χ1n) is 8.57. The summed E-state index contributed by atoms with van der Waals surface area (Å²) in [5, 5.41) is 3.11. The van der Waals surface area contributed by atoms with Gasteiger partial charge in [-0.05, 0) is 37.6 Å². The van der Waals surface area contributed by atoms with Crippen molar-refractivity contribution in [3.05, 3.63) is 58.6 Å². The molecule has 0 atom stereocenters. The lowest BCUT2D eigenvalue weighted by Crippen LogP contribution is -2.23. The number of hydrogen-bond donors (Lipinski definition) is 1. The van der Waals surface area contributed by atoms with E-state index in [9.17, 15) is 4.79 Å². The van der Waals surface area contributed by atoms with Gasteiger partial charge in [0, 0.05) is 11.1 Å². The smallest absolute Gasteiger partial charge is 0.252 e. The van der Waals surface area contributed by atoms with Crippen molar-refractivity contribution in [1.29, 1.82) is 0 Å². The minimum absolute atomic E-state index is 0.239. The number of benzene rings is 2. The third-order valence-corrected chi connectivity index (χ3v) is 3.65. The largest absolute Gasteiger partial charge is 0.490 e. The monoisotopic (exact) mass is 371 g/mol. The zero-order valence-electron chi connectivity index (χ0n) is 15.0. The molecule has 0 aromatic heterocycles. The zero-order chi connectivity index (χ0) is 18.8. The summed E-state index contributed by atoms with van der Waals surface area (Å²) in [4.78, 5) is 12.4. The van der Waals surface area contributed by atoms with Crippen LogP contribution < -0.4 is 14.8 Å². The summed E-state index contributed by atoms with van der Waals surface area (Å²) in [6.45, 7) is 5.09. The topological polar surface area (TPSA) is 47.6 Å². The zero-order valence-corrected chi connectivity index (χ0v) is 15.7. The van der Waals surface area contributed by atoms with E-state index in [1.54, 1.807) is 12.1 Å². The lowest BCUT2D eigenvalue weighted by molar-refractivity contribution is 0.0958. The first-order chi connectivity index (χ1) is 12.7. The maximum absolute atomic E-state index is 12.4. The van der Waals surface area contributed by atoms with Gasteiger partial charge in [-0.25, -0.2) is 0 Å². The lowest BCUT2D eigenvalue weighted by atomic mass is 10.2. The molecule has 1 amide bonds. The highest BCUT2D eigenvalue weighted by atomic mass is 35.5. The van der Waals surface area contributed by atoms with Crippen molar-refractivity contribution in [3.63, 3.8) is 0 Å². The maximum atomic E-state index is 12.4. The van der Waals surface area contributed by atoms with Crippen molar-refractivity contribution >= 4 is 17.5 Å². The summed E-state index contributed by atoms with van der Waals surface area (Å²) in [5.74, 6) is 6.59. The standard InChI is InChI=1S/C21H22ClNO3/c1-3-13-26-20-18(22)14-17(15-19(20)25-4-2)21(24)23-12-8-11-16-9-6-5-7-10-16/h5-7,9-10,14-15H,3-4,12-13H2,1-2H3,(H,23,24). The van der Waals surface area contributed by atoms with E-state index >= 15 is 0 Å². The molecule has 4 nitrogen and oxygen atoms in total. The molecular weight excluding hydrogens is 350 g/mol. The number of halogens is 1. The lowest BCUT2D eigenvalue weighted by Gasteiger charge is -2.14. The summed E-state index contributed by atoms with van der Waals surface area (Å²) in [7, 11) is 0. The molecule has 0 unspecified atom stereocenters. The Bertz CT molecular complexity index is 794. The van der Waals surface area contributed by atoms with Gasteiger partial charge in [0.2, 0.25) is 0 Å². The van der Waals surface area contributed by atoms with Gasteiger partial charge >= 0.3 is 0 Å². The molecule has 0 aliphatic carbocycles. The van der Waals surface area contributed by atoms with Crippen LogP contribution in [0, 0.1) is 11.8 Å². The second-order valence-corrected chi connectivity index (χ2v) is 5.82. The maximum Gasteiger partial charge on any atom is 0.252 e. The fourth-order valence-corrected chi connectivity index (χ4v) is 2.47. The van der Waals surface area contributed by atoms with Crippen molar-refractivity contribution in [2.45, 2.75) is 20.3 Å². The Balaban J connectivity index is 2.07. The number of carbonyl (C=O) groups is 1. The van der Waals surface area contributed by atoms with E-state index in [1.807, 2.05) is 44.2 Å². The molecule has 1 N–H and O–H groups in total. The molecule has 0 spiro atoms. The Morgan fingerprint density at radius 1 is 1.15 bits per heavy atom. The Morgan fingerprint density at radius 2 is 1.92 bits per heavy atom. The number of rotatable bonds is 7.